The summed E-state index contributed by atoms with van der Waals surface area (Å²) in [4.78, 5) is 37.6. The number of nitrogen functional groups attached to an aromatic ring is 1. The van der Waals surface area contributed by atoms with Crippen molar-refractivity contribution in [1.29, 1.82) is 0 Å². The Morgan fingerprint density at radius 3 is 2.63 bits per heavy atom. The monoisotopic (exact) mass is 403 g/mol. The number of aryl methyl sites for hydroxylation is 1. The highest BCUT2D eigenvalue weighted by atomic mass is 31.2. The quantitative estimate of drug-likeness (QED) is 0.304. The minimum atomic E-state index is -4.52. The molecule has 1 fully saturated rings. The molecule has 0 aromatic carbocycles. The number of nitrogens with two attached hydrogens (primary N) is 2. The van der Waals surface area contributed by atoms with Crippen molar-refractivity contribution in [3.05, 3.63) is 17.6 Å². The van der Waals surface area contributed by atoms with Crippen LogP contribution in [0.4, 0.5) is 5.82 Å². The van der Waals surface area contributed by atoms with E-state index in [1.165, 1.54) is 10.8 Å². The average molecular weight is 403 g/mol. The molecule has 0 aliphatic carbocycles. The zero-order valence-electron chi connectivity index (χ0n) is 14.0. The number of rotatable bonds is 5. The maximum absolute atomic E-state index is 11.7. The molecule has 0 radical (unpaired) electrons. The number of fused-ring (bicyclic) bond motifs is 1. The Hall–Kier alpha value is -2.12. The van der Waals surface area contributed by atoms with E-state index in [0.29, 0.717) is 0 Å². The van der Waals surface area contributed by atoms with Crippen molar-refractivity contribution < 1.29 is 38.8 Å². The third-order valence-electron chi connectivity index (χ3n) is 3.95. The fourth-order valence-electron chi connectivity index (χ4n) is 2.84. The number of carbonyl (C=O) groups is 1. The van der Waals surface area contributed by atoms with Gasteiger partial charge < -0.3 is 45.5 Å². The Morgan fingerprint density at radius 2 is 2.04 bits per heavy atom. The van der Waals surface area contributed by atoms with E-state index >= 15 is 0 Å². The highest BCUT2D eigenvalue weighted by Crippen LogP contribution is 2.39. The highest BCUT2D eigenvalue weighted by Gasteiger charge is 2.46. The second kappa shape index (κ2) is 6.80. The summed E-state index contributed by atoms with van der Waals surface area (Å²) in [5.41, 5.74) is 11.3. The van der Waals surface area contributed by atoms with Crippen LogP contribution in [0.1, 0.15) is 22.4 Å². The fourth-order valence-corrected chi connectivity index (χ4v) is 3.18. The van der Waals surface area contributed by atoms with E-state index in [-0.39, 0.29) is 28.2 Å². The van der Waals surface area contributed by atoms with E-state index in [2.05, 4.69) is 9.97 Å². The Balaban J connectivity index is 2.02. The van der Waals surface area contributed by atoms with Gasteiger partial charge in [0.05, 0.1) is 10.9 Å². The summed E-state index contributed by atoms with van der Waals surface area (Å²) in [7, 11) is -4.52. The van der Waals surface area contributed by atoms with Gasteiger partial charge in [-0.25, -0.2) is 9.97 Å². The molecule has 1 aliphatic heterocycles. The van der Waals surface area contributed by atoms with Gasteiger partial charge in [0.25, 0.3) is 5.91 Å². The average Bonchev–Trinajstić information content (AvgIpc) is 3.04. The molecular formula is C13H18N5O8P. The second-order valence-electron chi connectivity index (χ2n) is 6.01. The van der Waals surface area contributed by atoms with Gasteiger partial charge in [0.1, 0.15) is 29.5 Å². The Morgan fingerprint density at radius 1 is 1.37 bits per heavy atom. The molecule has 1 amide bonds. The first-order valence-electron chi connectivity index (χ1n) is 7.62. The Kier molecular flexibility index (Phi) is 4.94. The number of hydrogen-bond donors (Lipinski definition) is 6. The lowest BCUT2D eigenvalue weighted by Crippen LogP contribution is -2.33. The molecule has 1 aliphatic rings. The molecule has 148 valence electrons. The van der Waals surface area contributed by atoms with Crippen LogP contribution in [-0.2, 0) is 14.0 Å². The lowest BCUT2D eigenvalue weighted by molar-refractivity contribution is -0.167. The number of ether oxygens (including phenoxy) is 2. The lowest BCUT2D eigenvalue weighted by atomic mass is 10.2. The molecule has 3 rings (SSSR count). The molecule has 0 saturated carbocycles. The molecular weight excluding hydrogens is 385 g/mol. The van der Waals surface area contributed by atoms with Crippen molar-refractivity contribution in [2.24, 2.45) is 5.73 Å². The van der Waals surface area contributed by atoms with Crippen molar-refractivity contribution in [3.8, 4) is 0 Å². The summed E-state index contributed by atoms with van der Waals surface area (Å²) < 4.78 is 22.4. The number of hydrogen-bond acceptors (Lipinski definition) is 9. The van der Waals surface area contributed by atoms with Crippen LogP contribution in [0.5, 0.6) is 0 Å². The van der Waals surface area contributed by atoms with E-state index < -0.39 is 44.6 Å². The van der Waals surface area contributed by atoms with Gasteiger partial charge in [-0.15, -0.1) is 0 Å². The van der Waals surface area contributed by atoms with Crippen LogP contribution < -0.4 is 11.5 Å². The lowest BCUT2D eigenvalue weighted by Gasteiger charge is -2.17. The van der Waals surface area contributed by atoms with Crippen molar-refractivity contribution in [2.45, 2.75) is 31.6 Å². The van der Waals surface area contributed by atoms with E-state index in [0.717, 1.165) is 0 Å². The van der Waals surface area contributed by atoms with Gasteiger partial charge in [-0.05, 0) is 6.92 Å². The first-order chi connectivity index (χ1) is 12.5. The maximum atomic E-state index is 11.7. The first kappa shape index (κ1) is 19.6. The van der Waals surface area contributed by atoms with E-state index in [4.69, 9.17) is 30.7 Å². The van der Waals surface area contributed by atoms with E-state index in [9.17, 15) is 19.6 Å². The molecule has 4 atom stereocenters. The molecule has 1 saturated heterocycles. The zero-order chi connectivity index (χ0) is 20.1. The van der Waals surface area contributed by atoms with Gasteiger partial charge in [0.2, 0.25) is 0 Å². The van der Waals surface area contributed by atoms with Crippen LogP contribution in [0.25, 0.3) is 11.0 Å². The number of primary amides is 1. The number of aliphatic hydroxyl groups is 2. The van der Waals surface area contributed by atoms with Gasteiger partial charge in [-0.3, -0.25) is 9.36 Å². The van der Waals surface area contributed by atoms with Crippen LogP contribution in [0.15, 0.2) is 6.20 Å². The summed E-state index contributed by atoms with van der Waals surface area (Å²) in [6, 6.07) is 0. The molecule has 2 aromatic rings. The standard InChI is InChI=1S/C13H18N5O8P/c1-4-16-9(14)6-5(10(15)21)2-18(11(6)17-4)12-7(19)8(20)13(26-12)25-3-27(22,23)24/h2,7-8,12-13,19-20H,3H2,1H3,(H2,15,21)(H2,14,16,17)(H2,22,23,24)/t7-,8+,12-,13+/m1/s1. The van der Waals surface area contributed by atoms with Crippen molar-refractivity contribution >= 4 is 30.4 Å². The molecule has 13 nitrogen and oxygen atoms in total. The number of amides is 1. The van der Waals surface area contributed by atoms with E-state index in [1.807, 2.05) is 0 Å². The van der Waals surface area contributed by atoms with Gasteiger partial charge in [-0.1, -0.05) is 0 Å². The summed E-state index contributed by atoms with van der Waals surface area (Å²) in [5.74, 6) is -0.551. The normalized spacial score (nSPS) is 26.0. The molecule has 0 unspecified atom stereocenters. The van der Waals surface area contributed by atoms with Crippen LogP contribution in [0, 0.1) is 6.92 Å². The van der Waals surface area contributed by atoms with E-state index in [1.54, 1.807) is 6.92 Å². The van der Waals surface area contributed by atoms with Crippen molar-refractivity contribution in [1.82, 2.24) is 14.5 Å². The molecule has 0 bridgehead atoms. The number of carbonyl (C=O) groups excluding carboxylic acids is 1. The van der Waals surface area contributed by atoms with Crippen LogP contribution in [0.2, 0.25) is 0 Å². The fraction of sp³-hybridized carbons (Fsp3) is 0.462. The van der Waals surface area contributed by atoms with Gasteiger partial charge in [-0.2, -0.15) is 0 Å². The highest BCUT2D eigenvalue weighted by molar-refractivity contribution is 7.51. The SMILES string of the molecule is Cc1nc(N)c2c(C(N)=O)cn([C@@H]3O[C@H](OCP(=O)(O)O)[C@@H](O)[C@H]3O)c2n1. The molecule has 14 heteroatoms. The summed E-state index contributed by atoms with van der Waals surface area (Å²) in [6.45, 7) is 1.56. The Labute approximate surface area is 151 Å². The van der Waals surface area contributed by atoms with Crippen LogP contribution in [0.3, 0.4) is 0 Å². The molecule has 3 heterocycles. The van der Waals surface area contributed by atoms with Crippen LogP contribution in [-0.4, -0.2) is 65.3 Å². The molecule has 2 aromatic heterocycles. The minimum Gasteiger partial charge on any atom is -0.385 e. The van der Waals surface area contributed by atoms with Crippen molar-refractivity contribution in [3.63, 3.8) is 0 Å². The first-order valence-corrected chi connectivity index (χ1v) is 9.41. The smallest absolute Gasteiger partial charge is 0.351 e. The third-order valence-corrected chi connectivity index (χ3v) is 4.44. The Bertz CT molecular complexity index is 942. The van der Waals surface area contributed by atoms with Crippen LogP contribution >= 0.6 is 7.60 Å². The molecule has 8 N–H and O–H groups in total. The van der Waals surface area contributed by atoms with Gasteiger partial charge in [0, 0.05) is 6.20 Å². The molecule has 27 heavy (non-hydrogen) atoms. The summed E-state index contributed by atoms with van der Waals surface area (Å²) in [6.07, 6.45) is -5.75. The topological polar surface area (TPSA) is 216 Å². The van der Waals surface area contributed by atoms with Crippen molar-refractivity contribution in [2.75, 3.05) is 12.1 Å². The second-order valence-corrected chi connectivity index (χ2v) is 7.59. The molecule has 0 spiro atoms. The number of anilines is 1. The van der Waals surface area contributed by atoms with Gasteiger partial charge in [0.15, 0.2) is 18.9 Å². The predicted octanol–water partition coefficient (Wildman–Crippen LogP) is -1.85. The summed E-state index contributed by atoms with van der Waals surface area (Å²) >= 11 is 0. The predicted molar refractivity (Wildman–Crippen MR) is 89.1 cm³/mol. The largest absolute Gasteiger partial charge is 0.385 e. The minimum absolute atomic E-state index is 0.00705. The zero-order valence-corrected chi connectivity index (χ0v) is 14.9. The summed E-state index contributed by atoms with van der Waals surface area (Å²) in [5, 5.41) is 20.5. The number of nitrogens with zero attached hydrogens (tertiary/aromatic N) is 3. The number of aliphatic hydroxyl groups excluding tert-OH is 2. The third kappa shape index (κ3) is 3.66. The van der Waals surface area contributed by atoms with Gasteiger partial charge >= 0.3 is 7.60 Å². The maximum Gasteiger partial charge on any atom is 0.351 e. The number of aromatic nitrogens is 3.